The quantitative estimate of drug-likeness (QED) is 0.656. The van der Waals surface area contributed by atoms with Crippen molar-refractivity contribution in [1.82, 2.24) is 25.5 Å². The summed E-state index contributed by atoms with van der Waals surface area (Å²) in [5.41, 5.74) is 1.64. The highest BCUT2D eigenvalue weighted by Gasteiger charge is 2.25. The summed E-state index contributed by atoms with van der Waals surface area (Å²) in [6.45, 7) is 5.89. The van der Waals surface area contributed by atoms with Gasteiger partial charge in [0.25, 0.3) is 5.91 Å². The van der Waals surface area contributed by atoms with Gasteiger partial charge in [0.2, 0.25) is 11.9 Å². The molecule has 2 aliphatic heterocycles. The molecule has 0 radical (unpaired) electrons. The van der Waals surface area contributed by atoms with Crippen LogP contribution in [0.4, 0.5) is 5.95 Å². The number of rotatable bonds is 8. The van der Waals surface area contributed by atoms with Crippen molar-refractivity contribution in [2.24, 2.45) is 5.92 Å². The minimum Gasteiger partial charge on any atom is -0.352 e. The topological polar surface area (TPSA) is 90.5 Å². The Morgan fingerprint density at radius 2 is 1.62 bits per heavy atom. The zero-order valence-corrected chi connectivity index (χ0v) is 18.5. The third-order valence-corrected chi connectivity index (χ3v) is 6.30. The van der Waals surface area contributed by atoms with Crippen LogP contribution in [0.15, 0.2) is 42.7 Å². The number of likely N-dealkylation sites (tertiary alicyclic amines) is 1. The molecular formula is C24H32N6O2. The minimum absolute atomic E-state index is 0.00983. The molecule has 8 nitrogen and oxygen atoms in total. The summed E-state index contributed by atoms with van der Waals surface area (Å²) in [4.78, 5) is 38.0. The van der Waals surface area contributed by atoms with E-state index in [0.29, 0.717) is 18.7 Å². The Balaban J connectivity index is 1.17. The summed E-state index contributed by atoms with van der Waals surface area (Å²) < 4.78 is 0. The number of amides is 2. The SMILES string of the molecule is O=C(NCCN1CCCC1)c1ccc(CNC(=O)C2CCN(c3ncccn3)CC2)cc1. The zero-order valence-electron chi connectivity index (χ0n) is 18.5. The summed E-state index contributed by atoms with van der Waals surface area (Å²) in [5.74, 6) is 0.776. The third-order valence-electron chi connectivity index (χ3n) is 6.30. The van der Waals surface area contributed by atoms with E-state index in [9.17, 15) is 9.59 Å². The molecule has 1 aromatic heterocycles. The molecule has 0 unspecified atom stereocenters. The van der Waals surface area contributed by atoms with Gasteiger partial charge in [-0.3, -0.25) is 9.59 Å². The fraction of sp³-hybridized carbons (Fsp3) is 0.500. The Morgan fingerprint density at radius 1 is 0.938 bits per heavy atom. The van der Waals surface area contributed by atoms with Crippen LogP contribution in [0.1, 0.15) is 41.6 Å². The molecule has 2 aliphatic rings. The Bertz CT molecular complexity index is 875. The Hall–Kier alpha value is -3.00. The van der Waals surface area contributed by atoms with Gasteiger partial charge in [0, 0.05) is 56.6 Å². The molecular weight excluding hydrogens is 404 g/mol. The number of nitrogens with one attached hydrogen (secondary N) is 2. The molecule has 0 aliphatic carbocycles. The normalized spacial score (nSPS) is 17.3. The number of hydrogen-bond donors (Lipinski definition) is 2. The van der Waals surface area contributed by atoms with Crippen molar-refractivity contribution in [3.05, 3.63) is 53.9 Å². The van der Waals surface area contributed by atoms with Crippen molar-refractivity contribution in [3.8, 4) is 0 Å². The Morgan fingerprint density at radius 3 is 2.31 bits per heavy atom. The highest BCUT2D eigenvalue weighted by molar-refractivity contribution is 5.94. The molecule has 4 rings (SSSR count). The summed E-state index contributed by atoms with van der Waals surface area (Å²) in [6, 6.07) is 9.27. The monoisotopic (exact) mass is 436 g/mol. The third kappa shape index (κ3) is 6.03. The summed E-state index contributed by atoms with van der Waals surface area (Å²) in [6.07, 6.45) is 7.58. The van der Waals surface area contributed by atoms with E-state index >= 15 is 0 Å². The van der Waals surface area contributed by atoms with Gasteiger partial charge in [0.05, 0.1) is 0 Å². The average molecular weight is 437 g/mol. The van der Waals surface area contributed by atoms with Gasteiger partial charge in [-0.05, 0) is 62.5 Å². The molecule has 2 fully saturated rings. The van der Waals surface area contributed by atoms with Crippen LogP contribution in [0, 0.1) is 5.92 Å². The van der Waals surface area contributed by atoms with Crippen LogP contribution in [-0.4, -0.2) is 66.0 Å². The van der Waals surface area contributed by atoms with Gasteiger partial charge in [0.1, 0.15) is 0 Å². The van der Waals surface area contributed by atoms with Crippen molar-refractivity contribution >= 4 is 17.8 Å². The Labute approximate surface area is 189 Å². The molecule has 1 aromatic carbocycles. The number of carbonyl (C=O) groups is 2. The summed E-state index contributed by atoms with van der Waals surface area (Å²) in [7, 11) is 0. The average Bonchev–Trinajstić information content (AvgIpc) is 3.37. The molecule has 0 bridgehead atoms. The maximum Gasteiger partial charge on any atom is 0.251 e. The van der Waals surface area contributed by atoms with E-state index in [1.54, 1.807) is 18.5 Å². The van der Waals surface area contributed by atoms with E-state index < -0.39 is 0 Å². The molecule has 32 heavy (non-hydrogen) atoms. The standard InChI is InChI=1S/C24H32N6O2/c31-22(25-12-17-29-13-1-2-14-29)20-6-4-19(5-7-20)18-28-23(32)21-8-15-30(16-9-21)24-26-10-3-11-27-24/h3-7,10-11,21H,1-2,8-9,12-18H2,(H,25,31)(H,28,32). The van der Waals surface area contributed by atoms with Crippen LogP contribution in [0.25, 0.3) is 0 Å². The predicted molar refractivity (Wildman–Crippen MR) is 123 cm³/mol. The van der Waals surface area contributed by atoms with Crippen molar-refractivity contribution < 1.29 is 9.59 Å². The lowest BCUT2D eigenvalue weighted by Crippen LogP contribution is -2.41. The highest BCUT2D eigenvalue weighted by atomic mass is 16.2. The predicted octanol–water partition coefficient (Wildman–Crippen LogP) is 1.84. The van der Waals surface area contributed by atoms with Gasteiger partial charge in [-0.1, -0.05) is 12.1 Å². The number of benzene rings is 1. The molecule has 2 saturated heterocycles. The first-order valence-corrected chi connectivity index (χ1v) is 11.6. The van der Waals surface area contributed by atoms with Gasteiger partial charge < -0.3 is 20.4 Å². The van der Waals surface area contributed by atoms with Crippen LogP contribution >= 0.6 is 0 Å². The molecule has 8 heteroatoms. The fourth-order valence-corrected chi connectivity index (χ4v) is 4.34. The van der Waals surface area contributed by atoms with E-state index in [4.69, 9.17) is 0 Å². The van der Waals surface area contributed by atoms with Crippen LogP contribution in [-0.2, 0) is 11.3 Å². The lowest BCUT2D eigenvalue weighted by Gasteiger charge is -2.31. The number of nitrogens with zero attached hydrogens (tertiary/aromatic N) is 4. The van der Waals surface area contributed by atoms with Crippen LogP contribution < -0.4 is 15.5 Å². The van der Waals surface area contributed by atoms with Crippen molar-refractivity contribution in [2.75, 3.05) is 44.2 Å². The molecule has 2 aromatic rings. The smallest absolute Gasteiger partial charge is 0.251 e. The van der Waals surface area contributed by atoms with E-state index in [1.165, 1.54) is 12.8 Å². The lowest BCUT2D eigenvalue weighted by atomic mass is 9.96. The minimum atomic E-state index is -0.0473. The maximum atomic E-state index is 12.6. The molecule has 0 spiro atoms. The zero-order chi connectivity index (χ0) is 22.2. The first kappa shape index (κ1) is 22.2. The van der Waals surface area contributed by atoms with Crippen molar-refractivity contribution in [1.29, 1.82) is 0 Å². The maximum absolute atomic E-state index is 12.6. The second kappa shape index (κ2) is 11.0. The second-order valence-corrected chi connectivity index (χ2v) is 8.53. The van der Waals surface area contributed by atoms with Gasteiger partial charge in [-0.15, -0.1) is 0 Å². The van der Waals surface area contributed by atoms with Crippen LogP contribution in [0.5, 0.6) is 0 Å². The van der Waals surface area contributed by atoms with Crippen molar-refractivity contribution in [3.63, 3.8) is 0 Å². The lowest BCUT2D eigenvalue weighted by molar-refractivity contribution is -0.125. The van der Waals surface area contributed by atoms with E-state index in [2.05, 4.69) is 30.4 Å². The van der Waals surface area contributed by atoms with Gasteiger partial charge in [0.15, 0.2) is 0 Å². The largest absolute Gasteiger partial charge is 0.352 e. The first-order chi connectivity index (χ1) is 15.7. The summed E-state index contributed by atoms with van der Waals surface area (Å²) in [5, 5.41) is 6.03. The summed E-state index contributed by atoms with van der Waals surface area (Å²) >= 11 is 0. The van der Waals surface area contributed by atoms with Gasteiger partial charge in [-0.25, -0.2) is 9.97 Å². The number of aromatic nitrogens is 2. The van der Waals surface area contributed by atoms with E-state index in [0.717, 1.165) is 57.1 Å². The fourth-order valence-electron chi connectivity index (χ4n) is 4.34. The number of piperidine rings is 1. The van der Waals surface area contributed by atoms with Crippen LogP contribution in [0.2, 0.25) is 0 Å². The number of anilines is 1. The molecule has 2 amide bonds. The van der Waals surface area contributed by atoms with Gasteiger partial charge in [-0.2, -0.15) is 0 Å². The molecule has 0 atom stereocenters. The Kier molecular flexibility index (Phi) is 7.66. The van der Waals surface area contributed by atoms with Gasteiger partial charge >= 0.3 is 0 Å². The molecule has 0 saturated carbocycles. The highest BCUT2D eigenvalue weighted by Crippen LogP contribution is 2.20. The van der Waals surface area contributed by atoms with E-state index in [-0.39, 0.29) is 17.7 Å². The van der Waals surface area contributed by atoms with Crippen LogP contribution in [0.3, 0.4) is 0 Å². The number of carbonyl (C=O) groups excluding carboxylic acids is 2. The molecule has 3 heterocycles. The van der Waals surface area contributed by atoms with E-state index in [1.807, 2.05) is 24.3 Å². The molecule has 2 N–H and O–H groups in total. The number of hydrogen-bond acceptors (Lipinski definition) is 6. The second-order valence-electron chi connectivity index (χ2n) is 8.53. The molecule has 170 valence electrons. The van der Waals surface area contributed by atoms with Crippen molar-refractivity contribution in [2.45, 2.75) is 32.2 Å². The first-order valence-electron chi connectivity index (χ1n) is 11.6.